The standard InChI is InChI=1S/C12H19N3O4S/c1-7(2)12(4-5-12)6-13-20(18,19)10-8(3)14-15-9(10)11(16)17/h7,13H,4-6H2,1-3H3,(H,14,15)(H,16,17). The summed E-state index contributed by atoms with van der Waals surface area (Å²) in [6.07, 6.45) is 1.98. The van der Waals surface area contributed by atoms with Gasteiger partial charge in [-0.15, -0.1) is 0 Å². The van der Waals surface area contributed by atoms with Gasteiger partial charge in [-0.1, -0.05) is 13.8 Å². The lowest BCUT2D eigenvalue weighted by molar-refractivity contribution is 0.0686. The lowest BCUT2D eigenvalue weighted by Gasteiger charge is -2.20. The van der Waals surface area contributed by atoms with Crippen LogP contribution in [-0.2, 0) is 10.0 Å². The lowest BCUT2D eigenvalue weighted by atomic mass is 9.93. The zero-order valence-electron chi connectivity index (χ0n) is 11.7. The molecular weight excluding hydrogens is 282 g/mol. The SMILES string of the molecule is Cc1[nH]nc(C(=O)O)c1S(=O)(=O)NCC1(C(C)C)CC1. The van der Waals surface area contributed by atoms with Crippen LogP contribution in [0.25, 0.3) is 0 Å². The number of H-pyrrole nitrogens is 1. The highest BCUT2D eigenvalue weighted by molar-refractivity contribution is 7.89. The molecule has 112 valence electrons. The van der Waals surface area contributed by atoms with Crippen molar-refractivity contribution < 1.29 is 18.3 Å². The zero-order valence-corrected chi connectivity index (χ0v) is 12.5. The number of aromatic carboxylic acids is 1. The summed E-state index contributed by atoms with van der Waals surface area (Å²) in [5.41, 5.74) is -0.234. The Kier molecular flexibility index (Phi) is 3.64. The Labute approximate surface area is 117 Å². The summed E-state index contributed by atoms with van der Waals surface area (Å²) in [6.45, 7) is 5.94. The molecule has 1 heterocycles. The van der Waals surface area contributed by atoms with Gasteiger partial charge in [-0.2, -0.15) is 5.10 Å². The van der Waals surface area contributed by atoms with E-state index in [1.54, 1.807) is 0 Å². The van der Waals surface area contributed by atoms with Gasteiger partial charge in [-0.25, -0.2) is 17.9 Å². The Bertz CT molecular complexity index is 629. The Morgan fingerprint density at radius 3 is 2.55 bits per heavy atom. The number of aryl methyl sites for hydroxylation is 1. The molecule has 1 aromatic heterocycles. The van der Waals surface area contributed by atoms with Crippen LogP contribution in [-0.4, -0.2) is 36.2 Å². The molecule has 0 aromatic carbocycles. The number of sulfonamides is 1. The maximum absolute atomic E-state index is 12.3. The van der Waals surface area contributed by atoms with Gasteiger partial charge in [0.05, 0.1) is 5.69 Å². The number of rotatable bonds is 6. The van der Waals surface area contributed by atoms with Crippen molar-refractivity contribution in [3.63, 3.8) is 0 Å². The topological polar surface area (TPSA) is 112 Å². The van der Waals surface area contributed by atoms with E-state index in [9.17, 15) is 13.2 Å². The van der Waals surface area contributed by atoms with E-state index in [0.717, 1.165) is 12.8 Å². The Balaban J connectivity index is 2.24. The van der Waals surface area contributed by atoms with E-state index in [2.05, 4.69) is 28.8 Å². The average Bonchev–Trinajstić information content (AvgIpc) is 3.03. The number of hydrogen-bond acceptors (Lipinski definition) is 4. The summed E-state index contributed by atoms with van der Waals surface area (Å²) in [4.78, 5) is 10.8. The van der Waals surface area contributed by atoms with Gasteiger partial charge in [0.15, 0.2) is 5.69 Å². The van der Waals surface area contributed by atoms with Crippen molar-refractivity contribution in [3.05, 3.63) is 11.4 Å². The summed E-state index contributed by atoms with van der Waals surface area (Å²) in [5, 5.41) is 14.9. The summed E-state index contributed by atoms with van der Waals surface area (Å²) >= 11 is 0. The Morgan fingerprint density at radius 1 is 1.50 bits per heavy atom. The molecule has 3 N–H and O–H groups in total. The summed E-state index contributed by atoms with van der Waals surface area (Å²) in [6, 6.07) is 0. The predicted octanol–water partition coefficient (Wildman–Crippen LogP) is 1.13. The second kappa shape index (κ2) is 4.85. The quantitative estimate of drug-likeness (QED) is 0.729. The van der Waals surface area contributed by atoms with Gasteiger partial charge in [0.25, 0.3) is 0 Å². The van der Waals surface area contributed by atoms with E-state index in [1.165, 1.54) is 6.92 Å². The van der Waals surface area contributed by atoms with E-state index in [1.807, 2.05) is 0 Å². The van der Waals surface area contributed by atoms with Gasteiger partial charge >= 0.3 is 5.97 Å². The first-order valence-electron chi connectivity index (χ1n) is 6.47. The molecule has 1 fully saturated rings. The van der Waals surface area contributed by atoms with Crippen molar-refractivity contribution in [1.82, 2.24) is 14.9 Å². The van der Waals surface area contributed by atoms with Gasteiger partial charge in [0.2, 0.25) is 10.0 Å². The van der Waals surface area contributed by atoms with Crippen molar-refractivity contribution in [2.24, 2.45) is 11.3 Å². The monoisotopic (exact) mass is 301 g/mol. The minimum atomic E-state index is -3.87. The van der Waals surface area contributed by atoms with Gasteiger partial charge in [0.1, 0.15) is 4.90 Å². The number of carbonyl (C=O) groups is 1. The fourth-order valence-electron chi connectivity index (χ4n) is 2.32. The van der Waals surface area contributed by atoms with E-state index in [-0.39, 0.29) is 16.0 Å². The minimum absolute atomic E-state index is 0.00803. The van der Waals surface area contributed by atoms with E-state index in [0.29, 0.717) is 12.5 Å². The first kappa shape index (κ1) is 15.0. The predicted molar refractivity (Wildman–Crippen MR) is 72.0 cm³/mol. The molecule has 7 nitrogen and oxygen atoms in total. The molecule has 1 saturated carbocycles. The first-order valence-corrected chi connectivity index (χ1v) is 7.96. The number of hydrogen-bond donors (Lipinski definition) is 3. The van der Waals surface area contributed by atoms with Crippen LogP contribution >= 0.6 is 0 Å². The fourth-order valence-corrected chi connectivity index (χ4v) is 3.78. The summed E-state index contributed by atoms with van der Waals surface area (Å²) < 4.78 is 27.1. The van der Waals surface area contributed by atoms with E-state index < -0.39 is 21.7 Å². The smallest absolute Gasteiger partial charge is 0.357 e. The van der Waals surface area contributed by atoms with Crippen molar-refractivity contribution in [2.45, 2.75) is 38.5 Å². The van der Waals surface area contributed by atoms with Crippen LogP contribution < -0.4 is 4.72 Å². The van der Waals surface area contributed by atoms with Crippen molar-refractivity contribution in [2.75, 3.05) is 6.54 Å². The van der Waals surface area contributed by atoms with Crippen LogP contribution in [0.2, 0.25) is 0 Å². The number of aromatic nitrogens is 2. The highest BCUT2D eigenvalue weighted by atomic mass is 32.2. The summed E-state index contributed by atoms with van der Waals surface area (Å²) in [5.74, 6) is -0.977. The maximum atomic E-state index is 12.3. The highest BCUT2D eigenvalue weighted by Gasteiger charge is 2.46. The fraction of sp³-hybridized carbons (Fsp3) is 0.667. The number of carboxylic acid groups (broad SMARTS) is 1. The number of nitrogens with zero attached hydrogens (tertiary/aromatic N) is 1. The Hall–Kier alpha value is -1.41. The van der Waals surface area contributed by atoms with E-state index >= 15 is 0 Å². The first-order chi connectivity index (χ1) is 9.19. The van der Waals surface area contributed by atoms with Crippen LogP contribution in [0.4, 0.5) is 0 Å². The van der Waals surface area contributed by atoms with Crippen LogP contribution in [0.3, 0.4) is 0 Å². The normalized spacial score (nSPS) is 17.4. The molecule has 1 aliphatic rings. The molecule has 8 heteroatoms. The number of aromatic amines is 1. The van der Waals surface area contributed by atoms with Crippen LogP contribution in [0.15, 0.2) is 4.90 Å². The van der Waals surface area contributed by atoms with Crippen molar-refractivity contribution in [1.29, 1.82) is 0 Å². The van der Waals surface area contributed by atoms with Crippen LogP contribution in [0, 0.1) is 18.3 Å². The molecule has 0 saturated heterocycles. The zero-order chi connectivity index (χ0) is 15.1. The molecule has 1 aliphatic carbocycles. The molecule has 0 atom stereocenters. The number of carboxylic acids is 1. The molecule has 20 heavy (non-hydrogen) atoms. The highest BCUT2D eigenvalue weighted by Crippen LogP contribution is 2.51. The maximum Gasteiger partial charge on any atom is 0.357 e. The van der Waals surface area contributed by atoms with Gasteiger partial charge in [-0.05, 0) is 31.1 Å². The average molecular weight is 301 g/mol. The molecule has 0 bridgehead atoms. The lowest BCUT2D eigenvalue weighted by Crippen LogP contribution is -2.33. The molecule has 0 radical (unpaired) electrons. The van der Waals surface area contributed by atoms with Gasteiger partial charge < -0.3 is 5.11 Å². The van der Waals surface area contributed by atoms with Crippen molar-refractivity contribution >= 4 is 16.0 Å². The number of nitrogens with one attached hydrogen (secondary N) is 2. The largest absolute Gasteiger partial charge is 0.476 e. The molecule has 0 unspecified atom stereocenters. The third-order valence-corrected chi connectivity index (χ3v) is 5.65. The molecular formula is C12H19N3O4S. The summed E-state index contributed by atoms with van der Waals surface area (Å²) in [7, 11) is -3.87. The van der Waals surface area contributed by atoms with Crippen LogP contribution in [0.1, 0.15) is 42.9 Å². The molecule has 1 aromatic rings. The Morgan fingerprint density at radius 2 is 2.10 bits per heavy atom. The van der Waals surface area contributed by atoms with Gasteiger partial charge in [-0.3, -0.25) is 5.10 Å². The molecule has 0 aliphatic heterocycles. The van der Waals surface area contributed by atoms with Crippen LogP contribution in [0.5, 0.6) is 0 Å². The molecule has 0 amide bonds. The van der Waals surface area contributed by atoms with E-state index in [4.69, 9.17) is 5.11 Å². The second-order valence-electron chi connectivity index (χ2n) is 5.67. The molecule has 2 rings (SSSR count). The minimum Gasteiger partial charge on any atom is -0.476 e. The molecule has 0 spiro atoms. The third kappa shape index (κ3) is 2.57. The van der Waals surface area contributed by atoms with Crippen molar-refractivity contribution in [3.8, 4) is 0 Å². The second-order valence-corrected chi connectivity index (χ2v) is 7.38. The third-order valence-electron chi connectivity index (χ3n) is 4.09. The van der Waals surface area contributed by atoms with Gasteiger partial charge in [0, 0.05) is 6.54 Å².